The van der Waals surface area contributed by atoms with Crippen molar-refractivity contribution in [1.29, 1.82) is 0 Å². The number of fused-ring (bicyclic) bond motifs is 1. The summed E-state index contributed by atoms with van der Waals surface area (Å²) in [6.07, 6.45) is -3.79. The van der Waals surface area contributed by atoms with Gasteiger partial charge in [0, 0.05) is 24.9 Å². The van der Waals surface area contributed by atoms with Crippen molar-refractivity contribution < 1.29 is 27.5 Å². The number of carbonyl (C=O) groups is 1. The van der Waals surface area contributed by atoms with Gasteiger partial charge in [0.25, 0.3) is 0 Å². The van der Waals surface area contributed by atoms with Crippen LogP contribution < -0.4 is 0 Å². The highest BCUT2D eigenvalue weighted by atomic mass is 19.4. The Balaban J connectivity index is 1.57. The van der Waals surface area contributed by atoms with E-state index in [2.05, 4.69) is 5.10 Å². The molecule has 0 spiro atoms. The van der Waals surface area contributed by atoms with E-state index in [9.17, 15) is 27.5 Å². The van der Waals surface area contributed by atoms with Crippen LogP contribution in [0.25, 0.3) is 5.69 Å². The Hall–Kier alpha value is -2.68. The molecule has 2 aliphatic carbocycles. The zero-order valence-electron chi connectivity index (χ0n) is 17.2. The van der Waals surface area contributed by atoms with Gasteiger partial charge in [-0.15, -0.1) is 0 Å². The van der Waals surface area contributed by atoms with Gasteiger partial charge in [0.2, 0.25) is 5.91 Å². The van der Waals surface area contributed by atoms with E-state index in [0.29, 0.717) is 19.3 Å². The first-order valence-corrected chi connectivity index (χ1v) is 10.1. The lowest BCUT2D eigenvalue weighted by atomic mass is 9.79. The molecule has 1 aromatic heterocycles. The molecule has 3 atom stereocenters. The third-order valence-electron chi connectivity index (χ3n) is 6.30. The zero-order valence-corrected chi connectivity index (χ0v) is 17.2. The smallest absolute Gasteiger partial charge is 0.382 e. The van der Waals surface area contributed by atoms with Crippen molar-refractivity contribution in [2.45, 2.75) is 44.4 Å². The largest absolute Gasteiger partial charge is 0.416 e. The van der Waals surface area contributed by atoms with Gasteiger partial charge < -0.3 is 10.0 Å². The standard InChI is InChI=1S/C22H23F4N3O2/c1-12-17-10-27-29(15-6-4-14(23)5-7-15)18(17)9-13-3-8-16(20(12)13)21(31)28(2)11-19(30)22(24,25)26/h4-7,10,12,16,19,30H,3,8-9,11H2,1-2H3/t12-,16+,19?/m0/s1. The van der Waals surface area contributed by atoms with E-state index < -0.39 is 30.7 Å². The average Bonchev–Trinajstić information content (AvgIpc) is 3.32. The molecule has 0 bridgehead atoms. The quantitative estimate of drug-likeness (QED) is 0.586. The fourth-order valence-corrected chi connectivity index (χ4v) is 4.74. The molecule has 1 unspecified atom stereocenters. The fourth-order valence-electron chi connectivity index (χ4n) is 4.74. The number of carbonyl (C=O) groups excluding carboxylic acids is 1. The lowest BCUT2D eigenvalue weighted by Gasteiger charge is -2.30. The number of aliphatic hydroxyl groups excluding tert-OH is 1. The number of allylic oxidation sites excluding steroid dienone is 1. The van der Waals surface area contributed by atoms with Crippen LogP contribution >= 0.6 is 0 Å². The molecule has 31 heavy (non-hydrogen) atoms. The van der Waals surface area contributed by atoms with Gasteiger partial charge in [0.1, 0.15) is 5.82 Å². The molecule has 0 fully saturated rings. The minimum atomic E-state index is -4.77. The number of likely N-dealkylation sites (N-methyl/N-ethyl adjacent to an activating group) is 1. The minimum Gasteiger partial charge on any atom is -0.382 e. The van der Waals surface area contributed by atoms with E-state index in [1.807, 2.05) is 6.92 Å². The number of aromatic nitrogens is 2. The van der Waals surface area contributed by atoms with E-state index >= 15 is 0 Å². The first-order chi connectivity index (χ1) is 14.6. The second-order valence-electron chi connectivity index (χ2n) is 8.26. The molecule has 0 radical (unpaired) electrons. The Bertz CT molecular complexity index is 1030. The van der Waals surface area contributed by atoms with E-state index in [0.717, 1.165) is 33.0 Å². The van der Waals surface area contributed by atoms with Gasteiger partial charge in [-0.25, -0.2) is 9.07 Å². The second-order valence-corrected chi connectivity index (χ2v) is 8.26. The highest BCUT2D eigenvalue weighted by molar-refractivity contribution is 5.83. The lowest BCUT2D eigenvalue weighted by molar-refractivity contribution is -0.207. The molecule has 1 heterocycles. The predicted octanol–water partition coefficient (Wildman–Crippen LogP) is 3.76. The maximum absolute atomic E-state index is 13.3. The molecule has 1 aromatic carbocycles. The summed E-state index contributed by atoms with van der Waals surface area (Å²) >= 11 is 0. The van der Waals surface area contributed by atoms with Gasteiger partial charge in [-0.2, -0.15) is 18.3 Å². The minimum absolute atomic E-state index is 0.106. The van der Waals surface area contributed by atoms with Crippen LogP contribution in [0.2, 0.25) is 0 Å². The summed E-state index contributed by atoms with van der Waals surface area (Å²) in [5.41, 5.74) is 4.73. The number of benzene rings is 1. The van der Waals surface area contributed by atoms with Crippen molar-refractivity contribution in [2.75, 3.05) is 13.6 Å². The summed E-state index contributed by atoms with van der Waals surface area (Å²) in [5, 5.41) is 13.8. The van der Waals surface area contributed by atoms with Crippen LogP contribution in [0.3, 0.4) is 0 Å². The van der Waals surface area contributed by atoms with Crippen LogP contribution in [0.15, 0.2) is 41.6 Å². The third-order valence-corrected chi connectivity index (χ3v) is 6.30. The predicted molar refractivity (Wildman–Crippen MR) is 105 cm³/mol. The second kappa shape index (κ2) is 7.78. The molecule has 1 amide bonds. The number of halogens is 4. The molecule has 5 nitrogen and oxygen atoms in total. The number of amides is 1. The average molecular weight is 437 g/mol. The Morgan fingerprint density at radius 1 is 1.32 bits per heavy atom. The van der Waals surface area contributed by atoms with Crippen LogP contribution in [0.5, 0.6) is 0 Å². The number of rotatable bonds is 4. The monoisotopic (exact) mass is 437 g/mol. The van der Waals surface area contributed by atoms with Crippen molar-refractivity contribution in [3.8, 4) is 5.69 Å². The van der Waals surface area contributed by atoms with E-state index in [1.54, 1.807) is 23.0 Å². The van der Waals surface area contributed by atoms with Crippen LogP contribution in [0, 0.1) is 11.7 Å². The normalized spacial score (nSPS) is 21.6. The van der Waals surface area contributed by atoms with Crippen molar-refractivity contribution in [3.05, 3.63) is 58.7 Å². The summed E-state index contributed by atoms with van der Waals surface area (Å²) < 4.78 is 53.1. The highest BCUT2D eigenvalue weighted by Gasteiger charge is 2.43. The van der Waals surface area contributed by atoms with E-state index in [-0.39, 0.29) is 11.7 Å². The Labute approximate surface area is 177 Å². The SMILES string of the molecule is C[C@@H]1C2=C(CC[C@H]2C(=O)N(C)CC(O)C(F)(F)F)Cc2c1cnn2-c1ccc(F)cc1. The summed E-state index contributed by atoms with van der Waals surface area (Å²) in [6, 6.07) is 6.05. The van der Waals surface area contributed by atoms with Crippen molar-refractivity contribution in [2.24, 2.45) is 5.92 Å². The molecule has 0 aliphatic heterocycles. The molecule has 2 aliphatic rings. The van der Waals surface area contributed by atoms with E-state index in [4.69, 9.17) is 0 Å². The molecular weight excluding hydrogens is 414 g/mol. The van der Waals surface area contributed by atoms with Gasteiger partial charge in [0.15, 0.2) is 6.10 Å². The highest BCUT2D eigenvalue weighted by Crippen LogP contribution is 2.47. The number of hydrogen-bond donors (Lipinski definition) is 1. The van der Waals surface area contributed by atoms with Crippen LogP contribution in [0.1, 0.15) is 36.9 Å². The maximum atomic E-state index is 13.3. The molecule has 166 valence electrons. The van der Waals surface area contributed by atoms with Crippen molar-refractivity contribution in [3.63, 3.8) is 0 Å². The Kier molecular flexibility index (Phi) is 5.41. The topological polar surface area (TPSA) is 58.4 Å². The summed E-state index contributed by atoms with van der Waals surface area (Å²) in [5.74, 6) is -1.35. The summed E-state index contributed by atoms with van der Waals surface area (Å²) in [4.78, 5) is 13.9. The van der Waals surface area contributed by atoms with Crippen molar-refractivity contribution >= 4 is 5.91 Å². The fraction of sp³-hybridized carbons (Fsp3) is 0.455. The molecule has 0 saturated heterocycles. The van der Waals surface area contributed by atoms with Gasteiger partial charge in [-0.05, 0) is 37.1 Å². The zero-order chi connectivity index (χ0) is 22.5. The van der Waals surface area contributed by atoms with Crippen LogP contribution in [0.4, 0.5) is 17.6 Å². The van der Waals surface area contributed by atoms with Crippen LogP contribution in [-0.4, -0.2) is 51.6 Å². The third kappa shape index (κ3) is 3.86. The number of hydrogen-bond acceptors (Lipinski definition) is 3. The first-order valence-electron chi connectivity index (χ1n) is 10.1. The number of nitrogens with zero attached hydrogens (tertiary/aromatic N) is 3. The summed E-state index contributed by atoms with van der Waals surface area (Å²) in [7, 11) is 1.29. The molecule has 4 rings (SSSR count). The Morgan fingerprint density at radius 3 is 2.65 bits per heavy atom. The van der Waals surface area contributed by atoms with Crippen molar-refractivity contribution in [1.82, 2.24) is 14.7 Å². The number of alkyl halides is 3. The van der Waals surface area contributed by atoms with Gasteiger partial charge >= 0.3 is 6.18 Å². The molecular formula is C22H23F4N3O2. The maximum Gasteiger partial charge on any atom is 0.416 e. The molecule has 2 aromatic rings. The lowest BCUT2D eigenvalue weighted by Crippen LogP contribution is -2.44. The van der Waals surface area contributed by atoms with Gasteiger partial charge in [0.05, 0.1) is 30.0 Å². The molecule has 0 saturated carbocycles. The van der Waals surface area contributed by atoms with Gasteiger partial charge in [-0.3, -0.25) is 4.79 Å². The summed E-state index contributed by atoms with van der Waals surface area (Å²) in [6.45, 7) is 1.18. The first kappa shape index (κ1) is 21.5. The molecule has 1 N–H and O–H groups in total. The van der Waals surface area contributed by atoms with Gasteiger partial charge in [-0.1, -0.05) is 18.1 Å². The molecule has 9 heteroatoms. The number of aliphatic hydroxyl groups is 1. The Morgan fingerprint density at radius 2 is 2.00 bits per heavy atom. The van der Waals surface area contributed by atoms with Crippen LogP contribution in [-0.2, 0) is 11.2 Å². The van der Waals surface area contributed by atoms with E-state index in [1.165, 1.54) is 19.2 Å².